The topological polar surface area (TPSA) is 113 Å². The molecule has 2 saturated carbocycles. The molecule has 1 aliphatic heterocycles. The molecule has 3 fully saturated rings. The van der Waals surface area contributed by atoms with Gasteiger partial charge in [-0.25, -0.2) is 4.68 Å². The van der Waals surface area contributed by atoms with E-state index >= 15 is 0 Å². The second-order valence-corrected chi connectivity index (χ2v) is 10.9. The zero-order valence-corrected chi connectivity index (χ0v) is 19.4. The molecule has 2 aromatic rings. The fraction of sp³-hybridized carbons (Fsp3) is 0.625. The third-order valence-electron chi connectivity index (χ3n) is 7.05. The summed E-state index contributed by atoms with van der Waals surface area (Å²) in [6, 6.07) is 2.49. The van der Waals surface area contributed by atoms with Crippen molar-refractivity contribution >= 4 is 11.8 Å². The maximum Gasteiger partial charge on any atom is 0.248 e. The Kier molecular flexibility index (Phi) is 5.27. The van der Waals surface area contributed by atoms with Crippen LogP contribution in [0.5, 0.6) is 0 Å². The van der Waals surface area contributed by atoms with E-state index in [9.17, 15) is 14.7 Å². The van der Waals surface area contributed by atoms with Gasteiger partial charge in [0.25, 0.3) is 0 Å². The summed E-state index contributed by atoms with van der Waals surface area (Å²) in [5.41, 5.74) is 1.08. The lowest BCUT2D eigenvalue weighted by atomic mass is 9.85. The van der Waals surface area contributed by atoms with E-state index < -0.39 is 29.1 Å². The van der Waals surface area contributed by atoms with Gasteiger partial charge in [0.2, 0.25) is 11.8 Å². The average Bonchev–Trinajstić information content (AvgIpc) is 3.68. The largest absolute Gasteiger partial charge is 0.391 e. The van der Waals surface area contributed by atoms with E-state index in [2.05, 4.69) is 20.6 Å². The number of rotatable bonds is 6. The number of aliphatic hydroxyl groups is 1. The highest BCUT2D eigenvalue weighted by molar-refractivity contribution is 5.90. The van der Waals surface area contributed by atoms with Crippen molar-refractivity contribution in [2.45, 2.75) is 82.5 Å². The minimum atomic E-state index is -0.737. The van der Waals surface area contributed by atoms with Crippen LogP contribution in [-0.2, 0) is 15.1 Å². The van der Waals surface area contributed by atoms with Gasteiger partial charge in [0.1, 0.15) is 12.1 Å². The Bertz CT molecular complexity index is 1040. The Morgan fingerprint density at radius 2 is 1.91 bits per heavy atom. The van der Waals surface area contributed by atoms with E-state index in [-0.39, 0.29) is 24.8 Å². The molecule has 0 bridgehead atoms. The van der Waals surface area contributed by atoms with Crippen molar-refractivity contribution in [3.63, 3.8) is 0 Å². The first-order chi connectivity index (χ1) is 15.7. The zero-order chi connectivity index (χ0) is 23.4. The minimum Gasteiger partial charge on any atom is -0.391 e. The number of nitrogens with one attached hydrogen (secondary N) is 1. The van der Waals surface area contributed by atoms with E-state index in [4.69, 9.17) is 0 Å². The highest BCUT2D eigenvalue weighted by atomic mass is 16.3. The lowest BCUT2D eigenvalue weighted by molar-refractivity contribution is -0.144. The molecule has 3 heterocycles. The Morgan fingerprint density at radius 1 is 1.21 bits per heavy atom. The van der Waals surface area contributed by atoms with Gasteiger partial charge in [0.15, 0.2) is 0 Å². The monoisotopic (exact) mass is 452 g/mol. The van der Waals surface area contributed by atoms with Crippen LogP contribution in [0.1, 0.15) is 76.1 Å². The van der Waals surface area contributed by atoms with Crippen LogP contribution >= 0.6 is 0 Å². The van der Waals surface area contributed by atoms with Crippen molar-refractivity contribution in [2.24, 2.45) is 5.41 Å². The molecule has 0 spiro atoms. The molecular formula is C24H32N6O3. The molecule has 2 aliphatic carbocycles. The van der Waals surface area contributed by atoms with E-state index in [1.54, 1.807) is 17.1 Å². The summed E-state index contributed by atoms with van der Waals surface area (Å²) >= 11 is 0. The van der Waals surface area contributed by atoms with Gasteiger partial charge in [0, 0.05) is 37.5 Å². The fourth-order valence-corrected chi connectivity index (χ4v) is 4.93. The minimum absolute atomic E-state index is 0.135. The third kappa shape index (κ3) is 4.26. The van der Waals surface area contributed by atoms with Gasteiger partial charge in [-0.3, -0.25) is 14.6 Å². The molecule has 9 nitrogen and oxygen atoms in total. The quantitative estimate of drug-likeness (QED) is 0.692. The maximum atomic E-state index is 13.8. The van der Waals surface area contributed by atoms with Gasteiger partial charge in [-0.15, -0.1) is 5.10 Å². The average molecular weight is 453 g/mol. The number of β-amino-alcohol motifs (C(OH)–C–C–N with tert-alkyl or cyclic N) is 1. The first-order valence-electron chi connectivity index (χ1n) is 11.8. The van der Waals surface area contributed by atoms with E-state index in [1.807, 2.05) is 39.1 Å². The van der Waals surface area contributed by atoms with Crippen molar-refractivity contribution in [3.05, 3.63) is 42.0 Å². The SMILES string of the molecule is CC(C)(C)[C@@H](C(=O)N1C[C@H](O)C[C@H]1C(=O)NC1(c2ccncc2)CC1)n1cc(C2CC2)nn1. The number of pyridine rings is 1. The first-order valence-corrected chi connectivity index (χ1v) is 11.8. The third-order valence-corrected chi connectivity index (χ3v) is 7.05. The summed E-state index contributed by atoms with van der Waals surface area (Å²) in [7, 11) is 0. The van der Waals surface area contributed by atoms with Crippen LogP contribution in [0.25, 0.3) is 0 Å². The van der Waals surface area contributed by atoms with Gasteiger partial charge in [-0.05, 0) is 48.8 Å². The van der Waals surface area contributed by atoms with Gasteiger partial charge in [-0.2, -0.15) is 0 Å². The number of hydrogen-bond donors (Lipinski definition) is 2. The van der Waals surface area contributed by atoms with Crippen LogP contribution in [0, 0.1) is 5.41 Å². The molecular weight excluding hydrogens is 420 g/mol. The molecule has 9 heteroatoms. The molecule has 2 N–H and O–H groups in total. The standard InChI is InChI=1S/C24H32N6O3/c1-23(2,3)20(30-14-18(27-28-30)15-4-5-15)22(33)29-13-17(31)12-19(29)21(32)26-24(8-9-24)16-6-10-25-11-7-16/h6-7,10-11,14-15,17,19-20,31H,4-5,8-9,12-13H2,1-3H3,(H,26,32)/t17-,19+,20-/m1/s1. The van der Waals surface area contributed by atoms with Crippen molar-refractivity contribution in [1.29, 1.82) is 0 Å². The molecule has 176 valence electrons. The second kappa shape index (κ2) is 7.90. The molecule has 33 heavy (non-hydrogen) atoms. The van der Waals surface area contributed by atoms with Crippen molar-refractivity contribution in [1.82, 2.24) is 30.2 Å². The van der Waals surface area contributed by atoms with Crippen molar-refractivity contribution < 1.29 is 14.7 Å². The first kappa shape index (κ1) is 22.0. The zero-order valence-electron chi connectivity index (χ0n) is 19.4. The fourth-order valence-electron chi connectivity index (χ4n) is 4.93. The summed E-state index contributed by atoms with van der Waals surface area (Å²) in [5, 5.41) is 22.2. The summed E-state index contributed by atoms with van der Waals surface area (Å²) in [6.45, 7) is 6.09. The normalized spacial score (nSPS) is 25.0. The highest BCUT2D eigenvalue weighted by Crippen LogP contribution is 2.46. The molecule has 0 aromatic carbocycles. The summed E-state index contributed by atoms with van der Waals surface area (Å²) in [5.74, 6) is 0.00357. The number of aromatic nitrogens is 4. The number of likely N-dealkylation sites (tertiary alicyclic amines) is 1. The number of aliphatic hydroxyl groups excluding tert-OH is 1. The predicted molar refractivity (Wildman–Crippen MR) is 120 cm³/mol. The predicted octanol–water partition coefficient (Wildman–Crippen LogP) is 1.90. The molecule has 5 rings (SSSR count). The lowest BCUT2D eigenvalue weighted by Crippen LogP contribution is -2.52. The number of nitrogens with zero attached hydrogens (tertiary/aromatic N) is 5. The van der Waals surface area contributed by atoms with E-state index in [0.29, 0.717) is 5.92 Å². The molecule has 2 aromatic heterocycles. The molecule has 3 atom stereocenters. The number of amides is 2. The Balaban J connectivity index is 1.37. The van der Waals surface area contributed by atoms with Crippen LogP contribution < -0.4 is 5.32 Å². The number of carbonyl (C=O) groups is 2. The van der Waals surface area contributed by atoms with Gasteiger partial charge >= 0.3 is 0 Å². The van der Waals surface area contributed by atoms with E-state index in [1.165, 1.54) is 4.90 Å². The second-order valence-electron chi connectivity index (χ2n) is 10.9. The molecule has 0 radical (unpaired) electrons. The number of hydrogen-bond acceptors (Lipinski definition) is 6. The smallest absolute Gasteiger partial charge is 0.248 e. The van der Waals surface area contributed by atoms with Crippen LogP contribution in [0.3, 0.4) is 0 Å². The van der Waals surface area contributed by atoms with Gasteiger partial charge < -0.3 is 15.3 Å². The van der Waals surface area contributed by atoms with Crippen LogP contribution in [0.4, 0.5) is 0 Å². The molecule has 3 aliphatic rings. The lowest BCUT2D eigenvalue weighted by Gasteiger charge is -2.35. The Hall–Kier alpha value is -2.81. The molecule has 1 saturated heterocycles. The van der Waals surface area contributed by atoms with Gasteiger partial charge in [-0.1, -0.05) is 26.0 Å². The van der Waals surface area contributed by atoms with Crippen molar-refractivity contribution in [2.75, 3.05) is 6.54 Å². The van der Waals surface area contributed by atoms with Crippen LogP contribution in [0.15, 0.2) is 30.7 Å². The van der Waals surface area contributed by atoms with Crippen molar-refractivity contribution in [3.8, 4) is 0 Å². The molecule has 0 unspecified atom stereocenters. The molecule has 2 amide bonds. The Morgan fingerprint density at radius 3 is 2.52 bits per heavy atom. The summed E-state index contributed by atoms with van der Waals surface area (Å²) < 4.78 is 1.65. The number of carbonyl (C=O) groups excluding carboxylic acids is 2. The summed E-state index contributed by atoms with van der Waals surface area (Å²) in [4.78, 5) is 32.8. The van der Waals surface area contributed by atoms with E-state index in [0.717, 1.165) is 36.9 Å². The van der Waals surface area contributed by atoms with Gasteiger partial charge in [0.05, 0.1) is 17.3 Å². The Labute approximate surface area is 193 Å². The van der Waals surface area contributed by atoms with Crippen LogP contribution in [0.2, 0.25) is 0 Å². The van der Waals surface area contributed by atoms with Crippen LogP contribution in [-0.4, -0.2) is 60.5 Å². The maximum absolute atomic E-state index is 13.8. The highest BCUT2D eigenvalue weighted by Gasteiger charge is 2.50. The summed E-state index contributed by atoms with van der Waals surface area (Å²) in [6.07, 6.45) is 8.70.